The fourth-order valence-electron chi connectivity index (χ4n) is 3.63. The molecule has 0 bridgehead atoms. The number of anilines is 1. The molecule has 1 aliphatic rings. The molecule has 9 nitrogen and oxygen atoms in total. The van der Waals surface area contributed by atoms with Crippen molar-refractivity contribution in [2.24, 2.45) is 4.99 Å². The number of benzene rings is 3. The van der Waals surface area contributed by atoms with E-state index in [1.165, 1.54) is 36.0 Å². The van der Waals surface area contributed by atoms with Gasteiger partial charge in [-0.3, -0.25) is 9.59 Å². The second kappa shape index (κ2) is 13.0. The Kier molecular flexibility index (Phi) is 9.67. The summed E-state index contributed by atoms with van der Waals surface area (Å²) in [7, 11) is -4.00. The Bertz CT molecular complexity index is 1690. The van der Waals surface area contributed by atoms with Crippen LogP contribution in [0.4, 0.5) is 5.69 Å². The van der Waals surface area contributed by atoms with Crippen molar-refractivity contribution in [3.63, 3.8) is 0 Å². The summed E-state index contributed by atoms with van der Waals surface area (Å²) in [6.45, 7) is 0. The van der Waals surface area contributed by atoms with Gasteiger partial charge in [0.1, 0.15) is 0 Å². The number of amidine groups is 1. The number of carbonyl (C=O) groups is 2. The van der Waals surface area contributed by atoms with Gasteiger partial charge in [0.2, 0.25) is 5.91 Å². The molecule has 2 amide bonds. The molecule has 0 atom stereocenters. The number of rotatable bonds is 7. The molecule has 2 N–H and O–H groups in total. The minimum atomic E-state index is -4.00. The SMILES string of the molecule is O=C(Cc1ccc(NC2=NC(=O)C(=Cc3ccc(-n4cccn4)cc3)S2)cc1)NS(=O)(=O)c1ccc(Cl)cc1.[NaH]. The van der Waals surface area contributed by atoms with Crippen LogP contribution in [0.1, 0.15) is 11.1 Å². The summed E-state index contributed by atoms with van der Waals surface area (Å²) in [4.78, 5) is 29.2. The van der Waals surface area contributed by atoms with Crippen LogP contribution in [0.2, 0.25) is 5.02 Å². The molecule has 1 aromatic heterocycles. The number of carbonyl (C=O) groups excluding carboxylic acids is 2. The van der Waals surface area contributed by atoms with E-state index in [1.54, 1.807) is 41.2 Å². The van der Waals surface area contributed by atoms with Gasteiger partial charge in [-0.15, -0.1) is 0 Å². The quantitative estimate of drug-likeness (QED) is 0.242. The first-order chi connectivity index (χ1) is 18.7. The zero-order chi connectivity index (χ0) is 27.4. The molecule has 5 rings (SSSR count). The number of sulfonamides is 1. The Morgan fingerprint density at radius 2 is 1.70 bits per heavy atom. The van der Waals surface area contributed by atoms with Gasteiger partial charge < -0.3 is 5.32 Å². The molecule has 4 aromatic rings. The van der Waals surface area contributed by atoms with E-state index in [4.69, 9.17) is 11.6 Å². The van der Waals surface area contributed by atoms with E-state index >= 15 is 0 Å². The van der Waals surface area contributed by atoms with Crippen molar-refractivity contribution in [2.75, 3.05) is 5.32 Å². The molecule has 0 fully saturated rings. The van der Waals surface area contributed by atoms with E-state index in [1.807, 2.05) is 36.5 Å². The van der Waals surface area contributed by atoms with Gasteiger partial charge in [0, 0.05) is 23.1 Å². The van der Waals surface area contributed by atoms with Crippen molar-refractivity contribution < 1.29 is 18.0 Å². The zero-order valence-corrected chi connectivity index (χ0v) is 22.5. The number of amides is 2. The molecular weight excluding hydrogens is 581 g/mol. The molecule has 2 heterocycles. The van der Waals surface area contributed by atoms with E-state index in [0.717, 1.165) is 11.3 Å². The molecule has 0 saturated carbocycles. The number of nitrogens with zero attached hydrogens (tertiary/aromatic N) is 3. The molecule has 1 aliphatic heterocycles. The number of hydrogen-bond acceptors (Lipinski definition) is 7. The van der Waals surface area contributed by atoms with E-state index in [-0.39, 0.29) is 46.8 Å². The number of thioether (sulfide) groups is 1. The van der Waals surface area contributed by atoms with Gasteiger partial charge in [-0.2, -0.15) is 10.1 Å². The van der Waals surface area contributed by atoms with E-state index in [0.29, 0.717) is 26.3 Å². The van der Waals surface area contributed by atoms with Gasteiger partial charge in [-0.05, 0) is 83.6 Å². The number of hydrogen-bond donors (Lipinski definition) is 2. The van der Waals surface area contributed by atoms with Crippen molar-refractivity contribution in [1.29, 1.82) is 0 Å². The number of halogens is 1. The van der Waals surface area contributed by atoms with E-state index in [2.05, 4.69) is 20.1 Å². The number of nitrogens with one attached hydrogen (secondary N) is 2. The van der Waals surface area contributed by atoms with Gasteiger partial charge in [0.15, 0.2) is 5.17 Å². The monoisotopic (exact) mass is 601 g/mol. The maximum atomic E-state index is 12.4. The van der Waals surface area contributed by atoms with Crippen molar-refractivity contribution in [2.45, 2.75) is 11.3 Å². The Hall–Kier alpha value is -3.19. The van der Waals surface area contributed by atoms with Crippen LogP contribution in [0.3, 0.4) is 0 Å². The topological polar surface area (TPSA) is 123 Å². The molecule has 198 valence electrons. The Labute approximate surface area is 262 Å². The minimum absolute atomic E-state index is 0. The molecule has 3 aromatic carbocycles. The summed E-state index contributed by atoms with van der Waals surface area (Å²) in [5.74, 6) is -1.01. The molecule has 0 spiro atoms. The molecule has 13 heteroatoms. The van der Waals surface area contributed by atoms with Gasteiger partial charge in [-0.25, -0.2) is 17.8 Å². The van der Waals surface area contributed by atoms with Crippen LogP contribution in [0.5, 0.6) is 0 Å². The van der Waals surface area contributed by atoms with E-state index in [9.17, 15) is 18.0 Å². The second-order valence-electron chi connectivity index (χ2n) is 8.36. The van der Waals surface area contributed by atoms with Gasteiger partial charge >= 0.3 is 29.6 Å². The molecule has 0 radical (unpaired) electrons. The first kappa shape index (κ1) is 29.8. The standard InChI is InChI=1S/C27H20ClN5O4S2.Na.H/c28-20-6-12-23(13-7-20)39(36,37)32-25(34)17-19-2-8-21(9-3-19)30-27-31-26(35)24(38-27)16-18-4-10-22(11-5-18)33-15-1-14-29-33;;/h1-16H,17H2,(H,32,34)(H,30,31,35);;. The fraction of sp³-hybridized carbons (Fsp3) is 0.0370. The van der Waals surface area contributed by atoms with Gasteiger partial charge in [0.05, 0.1) is 21.9 Å². The van der Waals surface area contributed by atoms with Crippen molar-refractivity contribution in [3.05, 3.63) is 112 Å². The molecule has 40 heavy (non-hydrogen) atoms. The van der Waals surface area contributed by atoms with Crippen LogP contribution in [0.25, 0.3) is 11.8 Å². The summed E-state index contributed by atoms with van der Waals surface area (Å²) in [5, 5.41) is 8.11. The first-order valence-electron chi connectivity index (χ1n) is 11.5. The summed E-state index contributed by atoms with van der Waals surface area (Å²) in [6, 6.07) is 21.8. The van der Waals surface area contributed by atoms with Crippen LogP contribution in [-0.4, -0.2) is 64.7 Å². The summed E-state index contributed by atoms with van der Waals surface area (Å²) in [6.07, 6.45) is 5.20. The molecular formula is C27H21ClN5NaO4S2. The Balaban J connectivity index is 0.00000370. The van der Waals surface area contributed by atoms with E-state index < -0.39 is 15.9 Å². The third kappa shape index (κ3) is 7.51. The molecule has 0 unspecified atom stereocenters. The van der Waals surface area contributed by atoms with Gasteiger partial charge in [0.25, 0.3) is 15.9 Å². The van der Waals surface area contributed by atoms with Crippen molar-refractivity contribution >= 4 is 91.7 Å². The third-order valence-electron chi connectivity index (χ3n) is 5.52. The summed E-state index contributed by atoms with van der Waals surface area (Å²) < 4.78 is 28.6. The Morgan fingerprint density at radius 3 is 2.35 bits per heavy atom. The average molecular weight is 602 g/mol. The second-order valence-corrected chi connectivity index (χ2v) is 11.5. The predicted molar refractivity (Wildman–Crippen MR) is 159 cm³/mol. The fourth-order valence-corrected chi connectivity index (χ4v) is 5.58. The van der Waals surface area contributed by atoms with Crippen LogP contribution >= 0.6 is 23.4 Å². The number of aromatic nitrogens is 2. The predicted octanol–water partition coefficient (Wildman–Crippen LogP) is 4.01. The molecule has 0 saturated heterocycles. The van der Waals surface area contributed by atoms with Crippen LogP contribution < -0.4 is 10.0 Å². The van der Waals surface area contributed by atoms with Crippen molar-refractivity contribution in [1.82, 2.24) is 14.5 Å². The van der Waals surface area contributed by atoms with Crippen molar-refractivity contribution in [3.8, 4) is 5.69 Å². The normalized spacial score (nSPS) is 14.0. The Morgan fingerprint density at radius 1 is 1.00 bits per heavy atom. The first-order valence-corrected chi connectivity index (χ1v) is 14.2. The van der Waals surface area contributed by atoms with Crippen LogP contribution in [-0.2, 0) is 26.0 Å². The maximum absolute atomic E-state index is 12.4. The number of aliphatic imine (C=N–C) groups is 1. The third-order valence-corrected chi connectivity index (χ3v) is 8.06. The summed E-state index contributed by atoms with van der Waals surface area (Å²) in [5.41, 5.74) is 3.05. The zero-order valence-electron chi connectivity index (χ0n) is 20.1. The van der Waals surface area contributed by atoms with Crippen LogP contribution in [0, 0.1) is 0 Å². The summed E-state index contributed by atoms with van der Waals surface area (Å²) >= 11 is 7.01. The van der Waals surface area contributed by atoms with Gasteiger partial charge in [-0.1, -0.05) is 35.9 Å². The average Bonchev–Trinajstić information content (AvgIpc) is 3.56. The van der Waals surface area contributed by atoms with Crippen LogP contribution in [0.15, 0.2) is 106 Å². The molecule has 0 aliphatic carbocycles.